The van der Waals surface area contributed by atoms with E-state index in [0.29, 0.717) is 12.5 Å². The fourth-order valence-corrected chi connectivity index (χ4v) is 2.75. The van der Waals surface area contributed by atoms with E-state index in [1.165, 1.54) is 12.1 Å². The summed E-state index contributed by atoms with van der Waals surface area (Å²) in [6.07, 6.45) is 2.48. The minimum absolute atomic E-state index is 0.0383. The van der Waals surface area contributed by atoms with E-state index in [1.807, 2.05) is 5.38 Å². The standard InChI is InChI=1S/C14H14ClF2NOS/c15-8-10-9-20-13(18-10)6-1-2-7-19-12-5-3-4-11(16)14(12)17/h3-5,9H,1-2,6-8H2. The molecule has 0 aliphatic rings. The van der Waals surface area contributed by atoms with Gasteiger partial charge in [0.15, 0.2) is 11.6 Å². The number of halogens is 3. The van der Waals surface area contributed by atoms with Gasteiger partial charge in [0, 0.05) is 5.38 Å². The van der Waals surface area contributed by atoms with Crippen molar-refractivity contribution in [1.82, 2.24) is 4.98 Å². The highest BCUT2D eigenvalue weighted by atomic mass is 35.5. The van der Waals surface area contributed by atoms with Crippen LogP contribution in [0.25, 0.3) is 0 Å². The number of ether oxygens (including phenoxy) is 1. The van der Waals surface area contributed by atoms with Crippen LogP contribution in [0.15, 0.2) is 23.6 Å². The second-order valence-electron chi connectivity index (χ2n) is 4.22. The van der Waals surface area contributed by atoms with Crippen molar-refractivity contribution in [3.63, 3.8) is 0 Å². The Bertz CT molecular complexity index is 562. The molecule has 1 heterocycles. The first-order valence-corrected chi connectivity index (χ1v) is 7.68. The molecule has 0 atom stereocenters. The maximum atomic E-state index is 13.3. The molecule has 2 aromatic rings. The fourth-order valence-electron chi connectivity index (χ4n) is 1.68. The molecule has 0 radical (unpaired) electrons. The highest BCUT2D eigenvalue weighted by Gasteiger charge is 2.08. The summed E-state index contributed by atoms with van der Waals surface area (Å²) in [5, 5.41) is 2.98. The molecule has 108 valence electrons. The second-order valence-corrected chi connectivity index (χ2v) is 5.43. The Labute approximate surface area is 125 Å². The third-order valence-corrected chi connectivity index (χ3v) is 3.93. The van der Waals surface area contributed by atoms with Crippen molar-refractivity contribution in [2.45, 2.75) is 25.1 Å². The van der Waals surface area contributed by atoms with E-state index in [-0.39, 0.29) is 5.75 Å². The summed E-state index contributed by atoms with van der Waals surface area (Å²) in [6.45, 7) is 0.355. The minimum atomic E-state index is -0.931. The summed E-state index contributed by atoms with van der Waals surface area (Å²) >= 11 is 7.26. The molecule has 1 aromatic carbocycles. The van der Waals surface area contributed by atoms with Crippen molar-refractivity contribution in [2.24, 2.45) is 0 Å². The van der Waals surface area contributed by atoms with Gasteiger partial charge in [-0.15, -0.1) is 22.9 Å². The molecule has 2 nitrogen and oxygen atoms in total. The van der Waals surface area contributed by atoms with Crippen molar-refractivity contribution in [3.8, 4) is 5.75 Å². The molecule has 6 heteroatoms. The van der Waals surface area contributed by atoms with Gasteiger partial charge < -0.3 is 4.74 Å². The monoisotopic (exact) mass is 317 g/mol. The van der Waals surface area contributed by atoms with Gasteiger partial charge in [-0.25, -0.2) is 9.37 Å². The molecule has 0 saturated carbocycles. The Morgan fingerprint density at radius 1 is 1.25 bits per heavy atom. The molecule has 0 fully saturated rings. The smallest absolute Gasteiger partial charge is 0.200 e. The van der Waals surface area contributed by atoms with Crippen LogP contribution in [0.4, 0.5) is 8.78 Å². The Hall–Kier alpha value is -1.20. The van der Waals surface area contributed by atoms with E-state index in [9.17, 15) is 8.78 Å². The lowest BCUT2D eigenvalue weighted by Gasteiger charge is -2.06. The number of alkyl halides is 1. The van der Waals surface area contributed by atoms with E-state index >= 15 is 0 Å². The average molecular weight is 318 g/mol. The SMILES string of the molecule is Fc1cccc(OCCCCc2nc(CCl)cs2)c1F. The Morgan fingerprint density at radius 3 is 2.85 bits per heavy atom. The molecule has 2 rings (SSSR count). The third-order valence-electron chi connectivity index (χ3n) is 2.69. The first-order valence-electron chi connectivity index (χ1n) is 6.26. The maximum Gasteiger partial charge on any atom is 0.200 e. The molecule has 0 amide bonds. The van der Waals surface area contributed by atoms with Gasteiger partial charge in [0.05, 0.1) is 23.2 Å². The van der Waals surface area contributed by atoms with E-state index < -0.39 is 11.6 Å². The Balaban J connectivity index is 1.70. The first kappa shape index (κ1) is 15.2. The molecule has 0 aliphatic heterocycles. The lowest BCUT2D eigenvalue weighted by molar-refractivity contribution is 0.287. The van der Waals surface area contributed by atoms with Crippen molar-refractivity contribution in [1.29, 1.82) is 0 Å². The van der Waals surface area contributed by atoms with Gasteiger partial charge in [0.25, 0.3) is 0 Å². The van der Waals surface area contributed by atoms with E-state index in [4.69, 9.17) is 16.3 Å². The van der Waals surface area contributed by atoms with E-state index in [0.717, 1.165) is 36.0 Å². The molecule has 0 aliphatic carbocycles. The number of unbranched alkanes of at least 4 members (excludes halogenated alkanes) is 1. The number of thiazole rings is 1. The zero-order valence-corrected chi connectivity index (χ0v) is 12.3. The lowest BCUT2D eigenvalue weighted by Crippen LogP contribution is -2.01. The lowest BCUT2D eigenvalue weighted by atomic mass is 10.2. The Kier molecular flexibility index (Phi) is 5.73. The van der Waals surface area contributed by atoms with Crippen molar-refractivity contribution >= 4 is 22.9 Å². The zero-order valence-electron chi connectivity index (χ0n) is 10.7. The van der Waals surface area contributed by atoms with Crippen molar-refractivity contribution in [2.75, 3.05) is 6.61 Å². The quantitative estimate of drug-likeness (QED) is 0.551. The number of aryl methyl sites for hydroxylation is 1. The normalized spacial score (nSPS) is 10.8. The fraction of sp³-hybridized carbons (Fsp3) is 0.357. The molecular weight excluding hydrogens is 304 g/mol. The Morgan fingerprint density at radius 2 is 2.10 bits per heavy atom. The van der Waals surface area contributed by atoms with Gasteiger partial charge in [-0.1, -0.05) is 6.07 Å². The summed E-state index contributed by atoms with van der Waals surface area (Å²) in [5.41, 5.74) is 0.893. The molecular formula is C14H14ClF2NOS. The van der Waals surface area contributed by atoms with Crippen LogP contribution in [-0.2, 0) is 12.3 Å². The minimum Gasteiger partial charge on any atom is -0.490 e. The summed E-state index contributed by atoms with van der Waals surface area (Å²) in [7, 11) is 0. The molecule has 0 unspecified atom stereocenters. The number of rotatable bonds is 7. The number of benzene rings is 1. The van der Waals surface area contributed by atoms with Crippen LogP contribution in [0.2, 0.25) is 0 Å². The number of nitrogens with zero attached hydrogens (tertiary/aromatic N) is 1. The second kappa shape index (κ2) is 7.55. The average Bonchev–Trinajstić information content (AvgIpc) is 2.91. The molecule has 1 aromatic heterocycles. The molecule has 0 N–H and O–H groups in total. The highest BCUT2D eigenvalue weighted by Crippen LogP contribution is 2.19. The molecule has 20 heavy (non-hydrogen) atoms. The number of hydrogen-bond acceptors (Lipinski definition) is 3. The van der Waals surface area contributed by atoms with E-state index in [1.54, 1.807) is 11.3 Å². The van der Waals surface area contributed by atoms with Crippen molar-refractivity contribution < 1.29 is 13.5 Å². The van der Waals surface area contributed by atoms with Crippen molar-refractivity contribution in [3.05, 3.63) is 45.9 Å². The van der Waals surface area contributed by atoms with Crippen LogP contribution >= 0.6 is 22.9 Å². The zero-order chi connectivity index (χ0) is 14.4. The van der Waals surface area contributed by atoms with Crippen LogP contribution in [0, 0.1) is 11.6 Å². The predicted octanol–water partition coefficient (Wildman–Crippen LogP) is 4.56. The topological polar surface area (TPSA) is 22.1 Å². The van der Waals surface area contributed by atoms with E-state index in [2.05, 4.69) is 4.98 Å². The van der Waals surface area contributed by atoms with Gasteiger partial charge in [0.2, 0.25) is 5.82 Å². The first-order chi connectivity index (χ1) is 9.70. The van der Waals surface area contributed by atoms with Gasteiger partial charge in [-0.3, -0.25) is 0 Å². The van der Waals surface area contributed by atoms with Gasteiger partial charge in [0.1, 0.15) is 0 Å². The van der Waals surface area contributed by atoms with Crippen LogP contribution in [-0.4, -0.2) is 11.6 Å². The summed E-state index contributed by atoms with van der Waals surface area (Å²) < 4.78 is 31.5. The largest absolute Gasteiger partial charge is 0.490 e. The van der Waals surface area contributed by atoms with Gasteiger partial charge >= 0.3 is 0 Å². The summed E-state index contributed by atoms with van der Waals surface area (Å²) in [4.78, 5) is 4.35. The summed E-state index contributed by atoms with van der Waals surface area (Å²) in [6, 6.07) is 3.92. The van der Waals surface area contributed by atoms with Crippen LogP contribution in [0.5, 0.6) is 5.75 Å². The van der Waals surface area contributed by atoms with Crippen LogP contribution in [0.3, 0.4) is 0 Å². The molecule has 0 bridgehead atoms. The predicted molar refractivity (Wildman–Crippen MR) is 76.5 cm³/mol. The third kappa shape index (κ3) is 4.15. The summed E-state index contributed by atoms with van der Waals surface area (Å²) in [5.74, 6) is -1.43. The molecule has 0 saturated heterocycles. The van der Waals surface area contributed by atoms with Gasteiger partial charge in [-0.2, -0.15) is 4.39 Å². The number of aromatic nitrogens is 1. The molecule has 0 spiro atoms. The number of hydrogen-bond donors (Lipinski definition) is 0. The van der Waals surface area contributed by atoms with Gasteiger partial charge in [-0.05, 0) is 31.4 Å². The van der Waals surface area contributed by atoms with Crippen LogP contribution in [0.1, 0.15) is 23.5 Å². The highest BCUT2D eigenvalue weighted by molar-refractivity contribution is 7.09. The van der Waals surface area contributed by atoms with Crippen LogP contribution < -0.4 is 4.74 Å². The maximum absolute atomic E-state index is 13.3.